The predicted octanol–water partition coefficient (Wildman–Crippen LogP) is 4.52. The molecule has 4 heterocycles. The zero-order valence-corrected chi connectivity index (χ0v) is 21.7. The van der Waals surface area contributed by atoms with Gasteiger partial charge in [0.25, 0.3) is 0 Å². The van der Waals surface area contributed by atoms with E-state index < -0.39 is 10.0 Å². The number of rotatable bonds is 3. The lowest BCUT2D eigenvalue weighted by Gasteiger charge is -2.43. The first kappa shape index (κ1) is 24.3. The maximum atomic E-state index is 13.2. The molecule has 4 aliphatic heterocycles. The highest BCUT2D eigenvalue weighted by atomic mass is 35.5. The molecule has 0 aliphatic carbocycles. The van der Waals surface area contributed by atoms with Crippen molar-refractivity contribution >= 4 is 27.7 Å². The van der Waals surface area contributed by atoms with E-state index in [1.54, 1.807) is 27.4 Å². The number of hydrogen-bond acceptors (Lipinski definition) is 5. The topological polar surface area (TPSA) is 70.2 Å². The second-order valence-electron chi connectivity index (χ2n) is 10.8. The molecule has 0 saturated carbocycles. The molecule has 4 atom stereocenters. The lowest BCUT2D eigenvalue weighted by atomic mass is 9.89. The maximum absolute atomic E-state index is 13.2. The van der Waals surface area contributed by atoms with E-state index >= 15 is 0 Å². The number of nitrogens with zero attached hydrogens (tertiary/aromatic N) is 3. The van der Waals surface area contributed by atoms with Crippen molar-refractivity contribution < 1.29 is 17.9 Å². The van der Waals surface area contributed by atoms with E-state index in [-0.39, 0.29) is 24.8 Å². The summed E-state index contributed by atoms with van der Waals surface area (Å²) >= 11 is 6.16. The molecule has 0 bridgehead atoms. The van der Waals surface area contributed by atoms with Gasteiger partial charge in [-0.05, 0) is 74.1 Å². The molecular weight excluding hydrogens is 474 g/mol. The Labute approximate surface area is 208 Å². The van der Waals surface area contributed by atoms with Crippen molar-refractivity contribution in [2.75, 3.05) is 32.8 Å². The van der Waals surface area contributed by atoms with E-state index in [9.17, 15) is 13.2 Å². The molecule has 1 amide bonds. The van der Waals surface area contributed by atoms with E-state index in [1.165, 1.54) is 6.42 Å². The summed E-state index contributed by atoms with van der Waals surface area (Å²) in [7, 11) is -3.61. The molecule has 1 aromatic carbocycles. The monoisotopic (exact) mass is 509 g/mol. The third-order valence-electron chi connectivity index (χ3n) is 8.10. The number of carbonyl (C=O) groups is 1. The molecule has 0 aromatic heterocycles. The number of hydrogen-bond donors (Lipinski definition) is 0. The molecule has 4 aliphatic rings. The first-order chi connectivity index (χ1) is 16.2. The minimum atomic E-state index is -3.61. The molecular formula is C25H36ClN3O4S. The fourth-order valence-electron chi connectivity index (χ4n) is 6.68. The standard InChI is InChI=1S/C25H36ClN3O4S/c1-17-12-18(2)15-28(14-17)20-8-10-27(11-9-20)25(30)33-16-21-4-3-5-23-22-13-19(26)6-7-24(22)34(31,32)29(21)23/h6-7,13,17-18,20-21,23H,3-5,8-12,14-16H2,1-2H3/t17?,18?,21-,23+/m1/s1. The van der Waals surface area contributed by atoms with Gasteiger partial charge in [0, 0.05) is 37.2 Å². The first-order valence-corrected chi connectivity index (χ1v) is 14.5. The van der Waals surface area contributed by atoms with E-state index in [0.717, 1.165) is 56.2 Å². The normalized spacial score (nSPS) is 32.3. The van der Waals surface area contributed by atoms with Crippen LogP contribution in [0, 0.1) is 11.8 Å². The first-order valence-electron chi connectivity index (χ1n) is 12.7. The molecule has 9 heteroatoms. The van der Waals surface area contributed by atoms with Gasteiger partial charge in [-0.1, -0.05) is 25.4 Å². The molecule has 0 spiro atoms. The molecule has 1 aromatic rings. The number of sulfonamides is 1. The third-order valence-corrected chi connectivity index (χ3v) is 10.4. The number of fused-ring (bicyclic) bond motifs is 3. The molecule has 2 unspecified atom stereocenters. The second kappa shape index (κ2) is 9.60. The van der Waals surface area contributed by atoms with Gasteiger partial charge in [-0.15, -0.1) is 0 Å². The fraction of sp³-hybridized carbons (Fsp3) is 0.720. The summed E-state index contributed by atoms with van der Waals surface area (Å²) in [5.41, 5.74) is 0.770. The Morgan fingerprint density at radius 1 is 1.09 bits per heavy atom. The van der Waals surface area contributed by atoms with Gasteiger partial charge in [0.05, 0.1) is 17.0 Å². The maximum Gasteiger partial charge on any atom is 0.409 e. The van der Waals surface area contributed by atoms with E-state index in [4.69, 9.17) is 16.3 Å². The van der Waals surface area contributed by atoms with Crippen LogP contribution in [0.4, 0.5) is 4.79 Å². The van der Waals surface area contributed by atoms with Crippen molar-refractivity contribution in [3.8, 4) is 0 Å². The van der Waals surface area contributed by atoms with Crippen molar-refractivity contribution in [3.63, 3.8) is 0 Å². The summed E-state index contributed by atoms with van der Waals surface area (Å²) in [6, 6.07) is 4.96. The molecule has 5 rings (SSSR count). The summed E-state index contributed by atoms with van der Waals surface area (Å²) < 4.78 is 33.8. The van der Waals surface area contributed by atoms with Crippen molar-refractivity contribution in [2.45, 2.75) is 75.4 Å². The van der Waals surface area contributed by atoms with Crippen molar-refractivity contribution in [1.29, 1.82) is 0 Å². The van der Waals surface area contributed by atoms with Gasteiger partial charge < -0.3 is 9.64 Å². The Morgan fingerprint density at radius 3 is 2.50 bits per heavy atom. The van der Waals surface area contributed by atoms with Gasteiger partial charge in [0.2, 0.25) is 10.0 Å². The number of ether oxygens (including phenoxy) is 1. The van der Waals surface area contributed by atoms with Crippen molar-refractivity contribution in [1.82, 2.24) is 14.1 Å². The fourth-order valence-corrected chi connectivity index (χ4v) is 8.93. The molecule has 0 radical (unpaired) electrons. The Morgan fingerprint density at radius 2 is 1.79 bits per heavy atom. The van der Waals surface area contributed by atoms with Gasteiger partial charge in [-0.3, -0.25) is 4.90 Å². The number of piperidine rings is 3. The van der Waals surface area contributed by atoms with E-state index in [2.05, 4.69) is 18.7 Å². The van der Waals surface area contributed by atoms with Gasteiger partial charge in [0.15, 0.2) is 0 Å². The highest BCUT2D eigenvalue weighted by Gasteiger charge is 2.48. The van der Waals surface area contributed by atoms with Gasteiger partial charge in [-0.25, -0.2) is 13.2 Å². The number of benzene rings is 1. The van der Waals surface area contributed by atoms with E-state index in [1.807, 2.05) is 0 Å². The highest BCUT2D eigenvalue weighted by molar-refractivity contribution is 7.89. The number of likely N-dealkylation sites (tertiary alicyclic amines) is 2. The number of amides is 1. The lowest BCUT2D eigenvalue weighted by Crippen LogP contribution is -2.51. The number of halogens is 1. The van der Waals surface area contributed by atoms with Crippen LogP contribution < -0.4 is 0 Å². The van der Waals surface area contributed by atoms with Crippen LogP contribution in [0.3, 0.4) is 0 Å². The van der Waals surface area contributed by atoms with Gasteiger partial charge in [-0.2, -0.15) is 4.31 Å². The van der Waals surface area contributed by atoms with Crippen LogP contribution in [0.15, 0.2) is 23.1 Å². The van der Waals surface area contributed by atoms with E-state index in [0.29, 0.717) is 35.5 Å². The molecule has 3 saturated heterocycles. The SMILES string of the molecule is CC1CC(C)CN(C2CCN(C(=O)OC[C@H]3CCC[C@H]4c5cc(Cl)ccc5S(=O)(=O)N34)CC2)C1. The lowest BCUT2D eigenvalue weighted by molar-refractivity contribution is 0.0350. The zero-order valence-electron chi connectivity index (χ0n) is 20.2. The van der Waals surface area contributed by atoms with Crippen molar-refractivity contribution in [3.05, 3.63) is 28.8 Å². The minimum absolute atomic E-state index is 0.0946. The summed E-state index contributed by atoms with van der Waals surface area (Å²) in [4.78, 5) is 17.6. The summed E-state index contributed by atoms with van der Waals surface area (Å²) in [6.07, 6.45) is 5.26. The molecule has 188 valence electrons. The summed E-state index contributed by atoms with van der Waals surface area (Å²) in [5, 5.41) is 0.543. The quantitative estimate of drug-likeness (QED) is 0.599. The summed E-state index contributed by atoms with van der Waals surface area (Å²) in [5.74, 6) is 1.46. The smallest absolute Gasteiger partial charge is 0.409 e. The van der Waals surface area contributed by atoms with Gasteiger partial charge in [0.1, 0.15) is 6.61 Å². The average Bonchev–Trinajstić information content (AvgIpc) is 3.03. The van der Waals surface area contributed by atoms with Crippen LogP contribution >= 0.6 is 11.6 Å². The predicted molar refractivity (Wildman–Crippen MR) is 131 cm³/mol. The van der Waals surface area contributed by atoms with Crippen LogP contribution in [0.5, 0.6) is 0 Å². The molecule has 34 heavy (non-hydrogen) atoms. The van der Waals surface area contributed by atoms with Crippen LogP contribution in [0.1, 0.15) is 64.0 Å². The Balaban J connectivity index is 1.17. The second-order valence-corrected chi connectivity index (χ2v) is 13.1. The Bertz CT molecular complexity index is 1020. The molecule has 0 N–H and O–H groups in total. The number of carbonyl (C=O) groups excluding carboxylic acids is 1. The Hall–Kier alpha value is -1.35. The van der Waals surface area contributed by atoms with Crippen LogP contribution in [-0.2, 0) is 14.8 Å². The van der Waals surface area contributed by atoms with Crippen LogP contribution in [-0.4, -0.2) is 73.5 Å². The minimum Gasteiger partial charge on any atom is -0.448 e. The largest absolute Gasteiger partial charge is 0.448 e. The summed E-state index contributed by atoms with van der Waals surface area (Å²) in [6.45, 7) is 8.46. The zero-order chi connectivity index (χ0) is 24.0. The highest BCUT2D eigenvalue weighted by Crippen LogP contribution is 2.47. The van der Waals surface area contributed by atoms with Crippen LogP contribution in [0.2, 0.25) is 5.02 Å². The van der Waals surface area contributed by atoms with Crippen LogP contribution in [0.25, 0.3) is 0 Å². The van der Waals surface area contributed by atoms with Crippen molar-refractivity contribution in [2.24, 2.45) is 11.8 Å². The van der Waals surface area contributed by atoms with Gasteiger partial charge >= 0.3 is 6.09 Å². The molecule has 7 nitrogen and oxygen atoms in total. The third kappa shape index (κ3) is 4.59. The Kier molecular flexibility index (Phi) is 6.88. The average molecular weight is 510 g/mol. The molecule has 3 fully saturated rings.